The Morgan fingerprint density at radius 2 is 2.18 bits per heavy atom. The lowest BCUT2D eigenvalue weighted by Crippen LogP contribution is -2.14. The Morgan fingerprint density at radius 1 is 1.73 bits per heavy atom. The van der Waals surface area contributed by atoms with Crippen molar-refractivity contribution in [1.29, 1.82) is 0 Å². The molecule has 0 unspecified atom stereocenters. The minimum Gasteiger partial charge on any atom is -0.330 e. The van der Waals surface area contributed by atoms with Crippen LogP contribution in [0.15, 0.2) is 0 Å². The van der Waals surface area contributed by atoms with Gasteiger partial charge in [-0.1, -0.05) is 6.92 Å². The largest absolute Gasteiger partial charge is 0.330 e. The van der Waals surface area contributed by atoms with Crippen LogP contribution in [0.1, 0.15) is 13.3 Å². The molecule has 0 saturated heterocycles. The maximum absolute atomic E-state index is 11.1. The molecule has 0 fully saturated rings. The zero-order valence-corrected chi connectivity index (χ0v) is 7.71. The molecule has 68 valence electrons. The minimum atomic E-state index is -0.484. The van der Waals surface area contributed by atoms with Gasteiger partial charge < -0.3 is 11.1 Å². The number of carbonyl (C=O) groups excluding carboxylic acids is 1. The lowest BCUT2D eigenvalue weighted by molar-refractivity contribution is -0.110. The lowest BCUT2D eigenvalue weighted by Gasteiger charge is -1.86. The number of nitrogens with two attached hydrogens (primary N) is 1. The second-order valence-corrected chi connectivity index (χ2v) is 2.38. The highest BCUT2D eigenvalue weighted by molar-refractivity contribution is 8.09. The maximum atomic E-state index is 11.1. The van der Waals surface area contributed by atoms with E-state index < -0.39 is 5.12 Å². The van der Waals surface area contributed by atoms with Crippen LogP contribution in [0.4, 0.5) is 3.89 Å². The Labute approximate surface area is 71.2 Å². The zero-order chi connectivity index (χ0) is 9.11. The van der Waals surface area contributed by atoms with E-state index in [2.05, 4.69) is 12.2 Å². The summed E-state index contributed by atoms with van der Waals surface area (Å²) >= 11 is -0.252. The van der Waals surface area contributed by atoms with Crippen molar-refractivity contribution in [1.82, 2.24) is 5.32 Å². The van der Waals surface area contributed by atoms with Crippen LogP contribution in [0.25, 0.3) is 0 Å². The fourth-order valence-electron chi connectivity index (χ4n) is 0.172. The normalized spacial score (nSPS) is 8.36. The highest BCUT2D eigenvalue weighted by atomic mass is 32.2. The fourth-order valence-corrected chi connectivity index (χ4v) is 0.371. The van der Waals surface area contributed by atoms with Gasteiger partial charge in [-0.25, -0.2) is 0 Å². The van der Waals surface area contributed by atoms with Crippen molar-refractivity contribution < 1.29 is 8.68 Å². The van der Waals surface area contributed by atoms with Gasteiger partial charge in [0.2, 0.25) is 5.12 Å². The Bertz CT molecular complexity index is 90.7. The maximum Gasteiger partial charge on any atom is 0.234 e. The van der Waals surface area contributed by atoms with Crippen LogP contribution in [-0.2, 0) is 4.79 Å². The highest BCUT2D eigenvalue weighted by Gasteiger charge is 1.96. The molecule has 3 N–H and O–H groups in total. The van der Waals surface area contributed by atoms with Gasteiger partial charge in [0.1, 0.15) is 12.1 Å². The van der Waals surface area contributed by atoms with Crippen molar-refractivity contribution in [2.75, 3.05) is 20.1 Å². The first kappa shape index (κ1) is 13.5. The standard InChI is InChI=1S/C3H6FNOS.C3H9N/c1-5-2-3(6)7-4;1-2-3-4/h5H,2H2,1H3;2-4H2,1H3. The number of hydrogen-bond acceptors (Lipinski definition) is 4. The summed E-state index contributed by atoms with van der Waals surface area (Å²) in [7, 11) is 1.59. The van der Waals surface area contributed by atoms with Gasteiger partial charge in [-0.15, -0.1) is 0 Å². The van der Waals surface area contributed by atoms with Crippen molar-refractivity contribution >= 4 is 17.3 Å². The van der Waals surface area contributed by atoms with Crippen molar-refractivity contribution in [3.8, 4) is 0 Å². The lowest BCUT2D eigenvalue weighted by atomic mass is 10.5. The van der Waals surface area contributed by atoms with E-state index in [0.717, 1.165) is 13.0 Å². The molecule has 0 aliphatic heterocycles. The number of halogens is 1. The molecule has 0 heterocycles. The molecule has 0 rings (SSSR count). The number of rotatable bonds is 3. The van der Waals surface area contributed by atoms with E-state index in [1.54, 1.807) is 7.05 Å². The quantitative estimate of drug-likeness (QED) is 0.675. The van der Waals surface area contributed by atoms with Crippen LogP contribution in [0, 0.1) is 0 Å². The molecule has 0 saturated carbocycles. The van der Waals surface area contributed by atoms with Gasteiger partial charge in [-0.3, -0.25) is 4.79 Å². The second kappa shape index (κ2) is 12.5. The Kier molecular flexibility index (Phi) is 15.3. The molecule has 3 nitrogen and oxygen atoms in total. The smallest absolute Gasteiger partial charge is 0.234 e. The SMILES string of the molecule is CCCN.CNCC(=O)SF. The van der Waals surface area contributed by atoms with E-state index in [1.807, 2.05) is 0 Å². The van der Waals surface area contributed by atoms with Crippen LogP contribution in [0.5, 0.6) is 0 Å². The third-order valence-corrected chi connectivity index (χ3v) is 1.01. The van der Waals surface area contributed by atoms with E-state index in [4.69, 9.17) is 5.73 Å². The van der Waals surface area contributed by atoms with Crippen molar-refractivity contribution in [2.24, 2.45) is 5.73 Å². The summed E-state index contributed by atoms with van der Waals surface area (Å²) < 4.78 is 11.1. The molecule has 0 amide bonds. The van der Waals surface area contributed by atoms with Gasteiger partial charge in [0.05, 0.1) is 6.54 Å². The molecular weight excluding hydrogens is 167 g/mol. The molecule has 0 aromatic heterocycles. The van der Waals surface area contributed by atoms with Crippen LogP contribution in [0.3, 0.4) is 0 Å². The first-order valence-corrected chi connectivity index (χ1v) is 4.10. The first-order valence-electron chi connectivity index (χ1n) is 3.39. The Morgan fingerprint density at radius 3 is 2.27 bits per heavy atom. The van der Waals surface area contributed by atoms with E-state index >= 15 is 0 Å². The van der Waals surface area contributed by atoms with Crippen LogP contribution >= 0.6 is 12.1 Å². The summed E-state index contributed by atoms with van der Waals surface area (Å²) in [5.74, 6) is 0. The minimum absolute atomic E-state index is 0.0984. The van der Waals surface area contributed by atoms with Gasteiger partial charge in [0.15, 0.2) is 0 Å². The fraction of sp³-hybridized carbons (Fsp3) is 0.833. The van der Waals surface area contributed by atoms with Crippen molar-refractivity contribution in [3.05, 3.63) is 0 Å². The number of likely N-dealkylation sites (N-methyl/N-ethyl adjacent to an activating group) is 1. The molecule has 0 bridgehead atoms. The molecule has 5 heteroatoms. The third-order valence-electron chi connectivity index (χ3n) is 0.696. The first-order chi connectivity index (χ1) is 5.22. The second-order valence-electron chi connectivity index (χ2n) is 1.77. The highest BCUT2D eigenvalue weighted by Crippen LogP contribution is 1.98. The number of carbonyl (C=O) groups is 1. The predicted octanol–water partition coefficient (Wildman–Crippen LogP) is 0.705. The summed E-state index contributed by atoms with van der Waals surface area (Å²) in [5.41, 5.74) is 5.03. The average molecular weight is 182 g/mol. The average Bonchev–Trinajstić information content (AvgIpc) is 2.05. The Hall–Kier alpha value is -0.130. The number of nitrogens with one attached hydrogen (secondary N) is 1. The summed E-state index contributed by atoms with van der Waals surface area (Å²) in [6.45, 7) is 2.97. The Balaban J connectivity index is 0. The van der Waals surface area contributed by atoms with Gasteiger partial charge >= 0.3 is 0 Å². The summed E-state index contributed by atoms with van der Waals surface area (Å²) in [5, 5.41) is 2.02. The molecular formula is C6H15FN2OS. The van der Waals surface area contributed by atoms with E-state index in [1.165, 1.54) is 0 Å². The zero-order valence-electron chi connectivity index (χ0n) is 6.89. The van der Waals surface area contributed by atoms with Crippen molar-refractivity contribution in [3.63, 3.8) is 0 Å². The van der Waals surface area contributed by atoms with Crippen LogP contribution in [-0.4, -0.2) is 25.3 Å². The monoisotopic (exact) mass is 182 g/mol. The van der Waals surface area contributed by atoms with Crippen LogP contribution < -0.4 is 11.1 Å². The molecule has 0 atom stereocenters. The van der Waals surface area contributed by atoms with E-state index in [0.29, 0.717) is 0 Å². The molecule has 0 spiro atoms. The number of hydrogen-bond donors (Lipinski definition) is 2. The molecule has 0 aliphatic carbocycles. The molecule has 11 heavy (non-hydrogen) atoms. The van der Waals surface area contributed by atoms with Gasteiger partial charge in [-0.05, 0) is 20.0 Å². The van der Waals surface area contributed by atoms with Crippen LogP contribution in [0.2, 0.25) is 0 Å². The van der Waals surface area contributed by atoms with Gasteiger partial charge in [-0.2, -0.15) is 3.89 Å². The van der Waals surface area contributed by atoms with Gasteiger partial charge in [0, 0.05) is 0 Å². The topological polar surface area (TPSA) is 55.1 Å². The molecule has 0 aliphatic rings. The van der Waals surface area contributed by atoms with Gasteiger partial charge in [0.25, 0.3) is 0 Å². The molecule has 0 aromatic rings. The molecule has 0 radical (unpaired) electrons. The van der Waals surface area contributed by atoms with Crippen molar-refractivity contribution in [2.45, 2.75) is 13.3 Å². The van der Waals surface area contributed by atoms with E-state index in [-0.39, 0.29) is 18.7 Å². The predicted molar refractivity (Wildman–Crippen MR) is 47.0 cm³/mol. The summed E-state index contributed by atoms with van der Waals surface area (Å²) in [6, 6.07) is 0. The summed E-state index contributed by atoms with van der Waals surface area (Å²) in [4.78, 5) is 9.94. The molecule has 0 aromatic carbocycles. The van der Waals surface area contributed by atoms with E-state index in [9.17, 15) is 8.68 Å². The summed E-state index contributed by atoms with van der Waals surface area (Å²) in [6.07, 6.45) is 1.10. The third kappa shape index (κ3) is 17.7.